The minimum Gasteiger partial charge on any atom is -0.456 e. The number of rotatable bonds is 7. The predicted molar refractivity (Wildman–Crippen MR) is 603 cm³/mol. The largest absolute Gasteiger partial charge is 0.456 e. The third-order valence-corrected chi connectivity index (χ3v) is 24.5. The Balaban J connectivity index is 0.000000200. The van der Waals surface area contributed by atoms with Crippen LogP contribution in [0.4, 0.5) is 0 Å². The van der Waals surface area contributed by atoms with Gasteiger partial charge in [-0.05, 0) is 257 Å². The third kappa shape index (κ3) is 21.4. The second-order valence-corrected chi connectivity index (χ2v) is 31.1. The zero-order chi connectivity index (χ0) is 91.7. The van der Waals surface area contributed by atoms with E-state index in [-0.39, 0.29) is 137 Å². The van der Waals surface area contributed by atoms with Crippen molar-refractivity contribution in [2.75, 3.05) is 0 Å². The van der Waals surface area contributed by atoms with Gasteiger partial charge in [0, 0.05) is 136 Å². The van der Waals surface area contributed by atoms with Gasteiger partial charge < -0.3 is 31.1 Å². The van der Waals surface area contributed by atoms with Crippen molar-refractivity contribution < 1.29 is 123 Å². The summed E-state index contributed by atoms with van der Waals surface area (Å²) in [7, 11) is 0. The van der Waals surface area contributed by atoms with Gasteiger partial charge >= 0.3 is 0 Å². The molecule has 0 atom stereocenters. The predicted octanol–water partition coefficient (Wildman–Crippen LogP) is 41.7. The second kappa shape index (κ2) is 51.3. The van der Waals surface area contributed by atoms with Crippen molar-refractivity contribution in [1.82, 2.24) is 0 Å². The summed E-state index contributed by atoms with van der Waals surface area (Å²) in [6, 6.07) is 158. The van der Waals surface area contributed by atoms with Crippen molar-refractivity contribution in [2.24, 2.45) is 0 Å². The van der Waals surface area contributed by atoms with Crippen LogP contribution in [0.3, 0.4) is 0 Å². The van der Waals surface area contributed by atoms with Crippen molar-refractivity contribution in [2.45, 2.75) is 96.9 Å². The Bertz CT molecular complexity index is 8210. The van der Waals surface area contributed by atoms with Crippen molar-refractivity contribution in [3.8, 4) is 77.9 Å². The minimum atomic E-state index is 0. The van der Waals surface area contributed by atoms with Crippen LogP contribution in [0.15, 0.2) is 446 Å². The molecule has 23 aromatic carbocycles. The Kier molecular flexibility index (Phi) is 40.3. The second-order valence-electron chi connectivity index (χ2n) is 31.1. The molecule has 0 unspecified atom stereocenters. The number of fused-ring (bicyclic) bond motifs is 17. The molecule has 0 amide bonds. The first-order valence-corrected chi connectivity index (χ1v) is 47.7. The maximum absolute atomic E-state index is 6.34. The molecule has 0 aliphatic heterocycles. The van der Waals surface area contributed by atoms with E-state index in [9.17, 15) is 0 Å². The van der Waals surface area contributed by atoms with Gasteiger partial charge in [-0.3, -0.25) is 0 Å². The molecule has 0 saturated carbocycles. The van der Waals surface area contributed by atoms with Crippen molar-refractivity contribution in [3.63, 3.8) is 0 Å². The summed E-state index contributed by atoms with van der Waals surface area (Å²) in [6.07, 6.45) is 0. The van der Waals surface area contributed by atoms with Gasteiger partial charge in [0.2, 0.25) is 0 Å². The van der Waals surface area contributed by atoms with Crippen LogP contribution in [-0.4, -0.2) is 0 Å². The van der Waals surface area contributed by atoms with Crippen LogP contribution in [0, 0.1) is 137 Å². The molecule has 700 valence electrons. The molecular formula is C133H123Dy3O2-3. The smallest absolute Gasteiger partial charge is 0.136 e. The monoisotopic (exact) mass is 2240 g/mol. The molecule has 0 saturated heterocycles. The Morgan fingerprint density at radius 2 is 0.341 bits per heavy atom. The Morgan fingerprint density at radius 1 is 0.123 bits per heavy atom. The maximum Gasteiger partial charge on any atom is 0.136 e. The van der Waals surface area contributed by atoms with E-state index in [0.717, 1.165) is 43.9 Å². The quantitative estimate of drug-likeness (QED) is 0.117. The van der Waals surface area contributed by atoms with Gasteiger partial charge in [0.1, 0.15) is 22.3 Å². The maximum atomic E-state index is 6.34. The topological polar surface area (TPSA) is 26.3 Å². The zero-order valence-electron chi connectivity index (χ0n) is 82.3. The molecule has 5 heteroatoms. The molecule has 0 spiro atoms. The van der Waals surface area contributed by atoms with Crippen molar-refractivity contribution in [3.05, 3.63) is 459 Å². The van der Waals surface area contributed by atoms with Gasteiger partial charge in [-0.2, -0.15) is 0 Å². The van der Waals surface area contributed by atoms with E-state index in [1.165, 1.54) is 196 Å². The van der Waals surface area contributed by atoms with Crippen molar-refractivity contribution in [1.29, 1.82) is 0 Å². The van der Waals surface area contributed by atoms with E-state index in [1.54, 1.807) is 0 Å². The molecule has 0 fully saturated rings. The molecule has 0 aliphatic rings. The van der Waals surface area contributed by atoms with Crippen LogP contribution >= 0.6 is 0 Å². The van der Waals surface area contributed by atoms with E-state index in [2.05, 4.69) is 437 Å². The first kappa shape index (κ1) is 108. The van der Waals surface area contributed by atoms with Gasteiger partial charge in [-0.15, -0.1) is 0 Å². The van der Waals surface area contributed by atoms with E-state index in [1.807, 2.05) is 96.9 Å². The van der Waals surface area contributed by atoms with Crippen molar-refractivity contribution >= 4 is 162 Å². The molecule has 25 aromatic rings. The fraction of sp³-hybridized carbons (Fsp3) is 0.105. The van der Waals surface area contributed by atoms with Crippen LogP contribution in [0.25, 0.3) is 240 Å². The molecule has 0 bridgehead atoms. The van der Waals surface area contributed by atoms with Crippen LogP contribution in [0.2, 0.25) is 0 Å². The van der Waals surface area contributed by atoms with Crippen LogP contribution in [-0.2, 0) is 0 Å². The van der Waals surface area contributed by atoms with Crippen LogP contribution in [0.1, 0.15) is 96.9 Å². The van der Waals surface area contributed by atoms with Gasteiger partial charge in [0.05, 0.1) is 0 Å². The summed E-state index contributed by atoms with van der Waals surface area (Å²) < 4.78 is 12.6. The van der Waals surface area contributed by atoms with Gasteiger partial charge in [-0.25, -0.2) is 0 Å². The molecule has 0 N–H and O–H groups in total. The van der Waals surface area contributed by atoms with Gasteiger partial charge in [0.25, 0.3) is 0 Å². The summed E-state index contributed by atoms with van der Waals surface area (Å²) in [5.74, 6) is 0. The fourth-order valence-corrected chi connectivity index (χ4v) is 19.1. The number of hydrogen-bond acceptors (Lipinski definition) is 2. The number of furan rings is 2. The van der Waals surface area contributed by atoms with Crippen LogP contribution < -0.4 is 0 Å². The minimum absolute atomic E-state index is 0. The summed E-state index contributed by atoms with van der Waals surface area (Å²) in [4.78, 5) is 0. The molecule has 25 rings (SSSR count). The molecule has 2 aromatic heterocycles. The summed E-state index contributed by atoms with van der Waals surface area (Å²) in [5, 5.41) is 32.3. The first-order chi connectivity index (χ1) is 65.5. The molecule has 2 heterocycles. The number of hydrogen-bond donors (Lipinski definition) is 0. The fourth-order valence-electron chi connectivity index (χ4n) is 19.1. The average molecular weight is 2240 g/mol. The third-order valence-electron chi connectivity index (χ3n) is 24.5. The zero-order valence-corrected chi connectivity index (χ0v) is 88.4. The molecule has 0 radical (unpaired) electrons. The summed E-state index contributed by atoms with van der Waals surface area (Å²) >= 11 is 0. The Labute approximate surface area is 909 Å². The summed E-state index contributed by atoms with van der Waals surface area (Å²) in [5.41, 5.74) is 21.2. The molecule has 2 nitrogen and oxygen atoms in total. The average Bonchev–Trinajstić information content (AvgIpc) is 1.44. The molecule has 138 heavy (non-hydrogen) atoms. The normalized spacial score (nSPS) is 10.3. The van der Waals surface area contributed by atoms with E-state index in [0.29, 0.717) is 0 Å². The standard InChI is InChI=1S/C46H28O.C40H24O.C30H20.7C2H6.3CH3.3Dy/c1-2-10-32-25-36(22-19-29(32)9-1)46-39-15-7-5-13-37(39)45(38-14-6-8-16-40(38)46)31-20-17-30(18-21-31)35-23-24-43-41(27-35)42-26-33-11-3-4-12-34(33)28-44(42)47-43;1-2-10-26-21-29(18-17-25(26)9-1)39-31-13-5-7-15-33(31)40(34-16-8-6-14-32(34)39)30-19-20-37-35(23-30)36-22-27-11-3-4-12-28(27)24-38(36)41-37;1-2-12-22(13-3-1)29-25-16-6-8-18-27(25)30(28-19-9-7-17-26(28)29)24-20-10-14-21-11-4-5-15-23(21)24;7*1-2;;;;;;/h1-28H;1-24H;1-20H;7*1-2H3;3*1H3;;;/q;;;;;;;;;;3*-1;;;. The van der Waals surface area contributed by atoms with Crippen LogP contribution in [0.5, 0.6) is 0 Å². The molecule has 0 aliphatic carbocycles. The Hall–Kier alpha value is -11.7. The first-order valence-electron chi connectivity index (χ1n) is 47.7. The van der Waals surface area contributed by atoms with E-state index in [4.69, 9.17) is 8.83 Å². The number of benzene rings is 23. The Morgan fingerprint density at radius 3 is 0.688 bits per heavy atom. The van der Waals surface area contributed by atoms with Gasteiger partial charge in [-0.1, -0.05) is 473 Å². The summed E-state index contributed by atoms with van der Waals surface area (Å²) in [6.45, 7) is 28.0. The van der Waals surface area contributed by atoms with Gasteiger partial charge in [0.15, 0.2) is 0 Å². The van der Waals surface area contributed by atoms with E-state index >= 15 is 0 Å². The SMILES string of the molecule is CC.CC.CC.CC.CC.CC.CC.[CH3-].[CH3-].[CH3-].[Dy].[Dy].[Dy].c1ccc(-c2c3ccccc3c(-c3cccc4ccccc34)c3ccccc23)cc1.c1ccc2cc(-c3c4ccccc4c(-c4ccc(-c5ccc6oc7cc8ccccc8cc7c6c5)cc4)c4ccccc34)ccc2c1.c1ccc2cc(-c3c4ccccc4c(-c4ccc5oc6cc7ccccc7cc6c5c4)c4ccccc34)ccc2c1. The van der Waals surface area contributed by atoms with E-state index < -0.39 is 0 Å². The molecular weight excluding hydrogens is 2120 g/mol.